The van der Waals surface area contributed by atoms with Gasteiger partial charge in [-0.1, -0.05) is 35.3 Å². The third kappa shape index (κ3) is 6.85. The van der Waals surface area contributed by atoms with Crippen molar-refractivity contribution >= 4 is 23.2 Å². The molecule has 80 valence electrons. The summed E-state index contributed by atoms with van der Waals surface area (Å²) in [5.41, 5.74) is 0. The number of pyridine rings is 2. The maximum absolute atomic E-state index is 5.43. The van der Waals surface area contributed by atoms with E-state index < -0.39 is 0 Å². The molecule has 2 rings (SSSR count). The third-order valence-electron chi connectivity index (χ3n) is 1.26. The van der Waals surface area contributed by atoms with Gasteiger partial charge in [-0.25, -0.2) is 9.97 Å². The van der Waals surface area contributed by atoms with E-state index in [1.807, 2.05) is 24.3 Å². The zero-order chi connectivity index (χ0) is 10.2. The maximum Gasteiger partial charge on any atom is 0.129 e. The fourth-order valence-corrected chi connectivity index (χ4v) is 0.942. The van der Waals surface area contributed by atoms with Crippen molar-refractivity contribution < 1.29 is 0 Å². The second-order valence-corrected chi connectivity index (χ2v) is 3.08. The van der Waals surface area contributed by atoms with Crippen molar-refractivity contribution in [1.29, 1.82) is 0 Å². The number of halogens is 2. The highest BCUT2D eigenvalue weighted by molar-refractivity contribution is 6.29. The highest BCUT2D eigenvalue weighted by atomic mass is 35.5. The molecule has 0 saturated carbocycles. The first-order valence-corrected chi connectivity index (χ1v) is 4.67. The van der Waals surface area contributed by atoms with Gasteiger partial charge in [0.05, 0.1) is 0 Å². The Bertz CT molecular complexity index is 316. The summed E-state index contributed by atoms with van der Waals surface area (Å²) in [7, 11) is 0. The van der Waals surface area contributed by atoms with Crippen molar-refractivity contribution in [3.8, 4) is 0 Å². The van der Waals surface area contributed by atoms with E-state index in [0.717, 1.165) is 0 Å². The van der Waals surface area contributed by atoms with Gasteiger partial charge in [0.1, 0.15) is 10.3 Å². The molecule has 0 aromatic carbocycles. The smallest absolute Gasteiger partial charge is 0.129 e. The van der Waals surface area contributed by atoms with Gasteiger partial charge in [0.25, 0.3) is 0 Å². The van der Waals surface area contributed by atoms with E-state index in [0.29, 0.717) is 10.3 Å². The summed E-state index contributed by atoms with van der Waals surface area (Å²) in [5.74, 6) is 0. The summed E-state index contributed by atoms with van der Waals surface area (Å²) in [6, 6.07) is 10.8. The number of hydrogen-bond acceptors (Lipinski definition) is 3. The third-order valence-corrected chi connectivity index (χ3v) is 1.70. The predicted molar refractivity (Wildman–Crippen MR) is 63.5 cm³/mol. The lowest BCUT2D eigenvalue weighted by Gasteiger charge is -1.79. The van der Waals surface area contributed by atoms with Crippen LogP contribution in [-0.2, 0) is 0 Å². The molecule has 0 fully saturated rings. The molecular weight excluding hydrogens is 233 g/mol. The maximum atomic E-state index is 5.43. The minimum absolute atomic E-state index is 0. The molecule has 5 heteroatoms. The van der Waals surface area contributed by atoms with Gasteiger partial charge in [-0.3, -0.25) is 0 Å². The molecule has 0 aliphatic carbocycles. The monoisotopic (exact) mass is 243 g/mol. The van der Waals surface area contributed by atoms with Crippen LogP contribution in [-0.4, -0.2) is 9.97 Å². The Morgan fingerprint density at radius 2 is 1.13 bits per heavy atom. The van der Waals surface area contributed by atoms with Gasteiger partial charge in [-0.05, 0) is 24.3 Å². The van der Waals surface area contributed by atoms with Crippen LogP contribution in [0.5, 0.6) is 0 Å². The molecule has 3 nitrogen and oxygen atoms in total. The second-order valence-electron chi connectivity index (χ2n) is 2.30. The number of nitrogens with zero attached hydrogens (tertiary/aromatic N) is 2. The first-order chi connectivity index (χ1) is 6.79. The van der Waals surface area contributed by atoms with Crippen molar-refractivity contribution in [2.45, 2.75) is 0 Å². The van der Waals surface area contributed by atoms with E-state index in [4.69, 9.17) is 23.2 Å². The van der Waals surface area contributed by atoms with Gasteiger partial charge >= 0.3 is 0 Å². The van der Waals surface area contributed by atoms with Gasteiger partial charge in [-0.2, -0.15) is 0 Å². The van der Waals surface area contributed by atoms with Crippen LogP contribution in [0.15, 0.2) is 48.8 Å². The van der Waals surface area contributed by atoms with E-state index in [1.54, 1.807) is 24.5 Å². The minimum Gasteiger partial charge on any atom is -0.344 e. The Kier molecular flexibility index (Phi) is 7.54. The van der Waals surface area contributed by atoms with Crippen molar-refractivity contribution in [2.75, 3.05) is 0 Å². The van der Waals surface area contributed by atoms with E-state index in [-0.39, 0.29) is 6.15 Å². The highest BCUT2D eigenvalue weighted by Crippen LogP contribution is 1.98. The van der Waals surface area contributed by atoms with E-state index in [2.05, 4.69) is 9.97 Å². The van der Waals surface area contributed by atoms with Crippen LogP contribution in [0.1, 0.15) is 0 Å². The molecule has 0 atom stereocenters. The van der Waals surface area contributed by atoms with Crippen LogP contribution in [0.2, 0.25) is 10.3 Å². The molecular formula is C10H11Cl2N3. The summed E-state index contributed by atoms with van der Waals surface area (Å²) in [6.07, 6.45) is 3.31. The van der Waals surface area contributed by atoms with E-state index in [9.17, 15) is 0 Å². The minimum atomic E-state index is 0. The largest absolute Gasteiger partial charge is 0.344 e. The Morgan fingerprint density at radius 3 is 1.27 bits per heavy atom. The fourth-order valence-electron chi connectivity index (χ4n) is 0.684. The van der Waals surface area contributed by atoms with Crippen molar-refractivity contribution in [3.05, 3.63) is 59.1 Å². The SMILES string of the molecule is Clc1ccccn1.Clc1ccccn1.N. The average Bonchev–Trinajstić information content (AvgIpc) is 2.21. The summed E-state index contributed by atoms with van der Waals surface area (Å²) in [5, 5.41) is 1.09. The topological polar surface area (TPSA) is 60.8 Å². The summed E-state index contributed by atoms with van der Waals surface area (Å²) in [4.78, 5) is 7.49. The van der Waals surface area contributed by atoms with Crippen molar-refractivity contribution in [2.24, 2.45) is 0 Å². The molecule has 15 heavy (non-hydrogen) atoms. The molecule has 0 bridgehead atoms. The molecule has 3 N–H and O–H groups in total. The summed E-state index contributed by atoms with van der Waals surface area (Å²) >= 11 is 10.9. The van der Waals surface area contributed by atoms with Gasteiger partial charge in [-0.15, -0.1) is 0 Å². The first kappa shape index (κ1) is 13.8. The second kappa shape index (κ2) is 8.17. The van der Waals surface area contributed by atoms with E-state index in [1.165, 1.54) is 0 Å². The zero-order valence-corrected chi connectivity index (χ0v) is 9.49. The Morgan fingerprint density at radius 1 is 0.733 bits per heavy atom. The van der Waals surface area contributed by atoms with Crippen LogP contribution < -0.4 is 6.15 Å². The quantitative estimate of drug-likeness (QED) is 0.719. The highest BCUT2D eigenvalue weighted by Gasteiger charge is 1.77. The molecule has 2 aromatic rings. The van der Waals surface area contributed by atoms with Gasteiger partial charge in [0, 0.05) is 12.4 Å². The van der Waals surface area contributed by atoms with Crippen LogP contribution in [0.4, 0.5) is 0 Å². The van der Waals surface area contributed by atoms with Crippen LogP contribution >= 0.6 is 23.2 Å². The lowest BCUT2D eigenvalue weighted by Crippen LogP contribution is -1.65. The number of aromatic nitrogens is 2. The van der Waals surface area contributed by atoms with Crippen molar-refractivity contribution in [1.82, 2.24) is 16.1 Å². The summed E-state index contributed by atoms with van der Waals surface area (Å²) < 4.78 is 0. The van der Waals surface area contributed by atoms with Gasteiger partial charge in [0.2, 0.25) is 0 Å². The van der Waals surface area contributed by atoms with Gasteiger partial charge in [0.15, 0.2) is 0 Å². The van der Waals surface area contributed by atoms with Crippen LogP contribution in [0, 0.1) is 0 Å². The van der Waals surface area contributed by atoms with Crippen LogP contribution in [0.25, 0.3) is 0 Å². The fraction of sp³-hybridized carbons (Fsp3) is 0. The molecule has 0 unspecified atom stereocenters. The Hall–Kier alpha value is -1.16. The molecule has 0 aliphatic rings. The standard InChI is InChI=1S/2C5H4ClN.H3N/c2*6-5-3-1-2-4-7-5;/h2*1-4H;1H3. The zero-order valence-electron chi connectivity index (χ0n) is 7.98. The average molecular weight is 244 g/mol. The number of rotatable bonds is 0. The molecule has 0 spiro atoms. The first-order valence-electron chi connectivity index (χ1n) is 3.92. The molecule has 2 aromatic heterocycles. The normalized spacial score (nSPS) is 8.13. The lowest BCUT2D eigenvalue weighted by molar-refractivity contribution is 1.33. The molecule has 0 aliphatic heterocycles. The molecule has 2 heterocycles. The Balaban J connectivity index is 0.000000245. The van der Waals surface area contributed by atoms with E-state index >= 15 is 0 Å². The Labute approximate surface area is 98.7 Å². The summed E-state index contributed by atoms with van der Waals surface area (Å²) in [6.45, 7) is 0. The number of hydrogen-bond donors (Lipinski definition) is 1. The lowest BCUT2D eigenvalue weighted by atomic mass is 10.5. The van der Waals surface area contributed by atoms with Gasteiger partial charge < -0.3 is 6.15 Å². The predicted octanol–water partition coefficient (Wildman–Crippen LogP) is 3.63. The van der Waals surface area contributed by atoms with Crippen molar-refractivity contribution in [3.63, 3.8) is 0 Å². The molecule has 0 amide bonds. The molecule has 0 radical (unpaired) electrons. The van der Waals surface area contributed by atoms with Crippen LogP contribution in [0.3, 0.4) is 0 Å². The molecule has 0 saturated heterocycles.